The van der Waals surface area contributed by atoms with Gasteiger partial charge in [-0.2, -0.15) is 5.10 Å². The molecule has 0 bridgehead atoms. The third-order valence-corrected chi connectivity index (χ3v) is 4.76. The molecule has 0 saturated carbocycles. The Balaban J connectivity index is 1.38. The van der Waals surface area contributed by atoms with Gasteiger partial charge < -0.3 is 9.32 Å². The monoisotopic (exact) mass is 349 g/mol. The molecule has 0 unspecified atom stereocenters. The van der Waals surface area contributed by atoms with Crippen LogP contribution in [-0.2, 0) is 6.54 Å². The summed E-state index contributed by atoms with van der Waals surface area (Å²) in [6, 6.07) is 14.4. The van der Waals surface area contributed by atoms with Gasteiger partial charge in [0.1, 0.15) is 6.26 Å². The molecule has 4 rings (SSSR count). The van der Waals surface area contributed by atoms with Crippen LogP contribution in [0.4, 0.5) is 5.82 Å². The van der Waals surface area contributed by atoms with Crippen molar-refractivity contribution in [1.82, 2.24) is 20.1 Å². The first kappa shape index (κ1) is 16.7. The molecule has 2 aromatic heterocycles. The number of likely N-dealkylation sites (N-methyl/N-ethyl adjacent to an activating group) is 1. The number of nitrogens with zero attached hydrogens (tertiary/aromatic N) is 5. The van der Waals surface area contributed by atoms with Crippen LogP contribution in [0.1, 0.15) is 18.5 Å². The lowest BCUT2D eigenvalue weighted by atomic mass is 10.2. The highest BCUT2D eigenvalue weighted by Crippen LogP contribution is 2.24. The Morgan fingerprint density at radius 1 is 1.19 bits per heavy atom. The average Bonchev–Trinajstić information content (AvgIpc) is 3.33. The van der Waals surface area contributed by atoms with E-state index in [1.165, 1.54) is 12.8 Å². The zero-order valence-electron chi connectivity index (χ0n) is 15.0. The van der Waals surface area contributed by atoms with Gasteiger partial charge in [-0.25, -0.2) is 4.98 Å². The summed E-state index contributed by atoms with van der Waals surface area (Å²) >= 11 is 0. The van der Waals surface area contributed by atoms with Crippen LogP contribution in [0.3, 0.4) is 0 Å². The molecule has 0 spiro atoms. The van der Waals surface area contributed by atoms with Crippen molar-refractivity contribution in [2.75, 3.05) is 25.0 Å². The molecule has 3 heterocycles. The number of hydrogen-bond donors (Lipinski definition) is 0. The van der Waals surface area contributed by atoms with Crippen molar-refractivity contribution in [3.8, 4) is 11.5 Å². The number of anilines is 1. The van der Waals surface area contributed by atoms with Gasteiger partial charge >= 0.3 is 0 Å². The van der Waals surface area contributed by atoms with Crippen molar-refractivity contribution >= 4 is 5.82 Å². The maximum Gasteiger partial charge on any atom is 0.226 e. The van der Waals surface area contributed by atoms with E-state index in [0.717, 1.165) is 36.7 Å². The third kappa shape index (κ3) is 3.75. The average molecular weight is 349 g/mol. The SMILES string of the molecule is CN(Cc1coc(-c2ccccc2)n1)C[C@@H]1CCCN1c1cccnn1. The zero-order valence-corrected chi connectivity index (χ0v) is 15.0. The predicted octanol–water partition coefficient (Wildman–Crippen LogP) is 3.23. The van der Waals surface area contributed by atoms with Gasteiger partial charge in [0.25, 0.3) is 0 Å². The lowest BCUT2D eigenvalue weighted by Gasteiger charge is -2.28. The Morgan fingerprint density at radius 2 is 2.08 bits per heavy atom. The summed E-state index contributed by atoms with van der Waals surface area (Å²) in [4.78, 5) is 9.29. The highest BCUT2D eigenvalue weighted by atomic mass is 16.3. The smallest absolute Gasteiger partial charge is 0.226 e. The van der Waals surface area contributed by atoms with Crippen molar-refractivity contribution in [3.05, 3.63) is 60.6 Å². The van der Waals surface area contributed by atoms with Crippen molar-refractivity contribution in [3.63, 3.8) is 0 Å². The topological polar surface area (TPSA) is 58.3 Å². The molecule has 0 aliphatic carbocycles. The largest absolute Gasteiger partial charge is 0.444 e. The van der Waals surface area contributed by atoms with Crippen molar-refractivity contribution in [1.29, 1.82) is 0 Å². The Bertz CT molecular complexity index is 820. The van der Waals surface area contributed by atoms with E-state index in [2.05, 4.69) is 32.0 Å². The summed E-state index contributed by atoms with van der Waals surface area (Å²) in [7, 11) is 2.13. The Labute approximate surface area is 153 Å². The molecular formula is C20H23N5O. The van der Waals surface area contributed by atoms with Crippen LogP contribution in [0.2, 0.25) is 0 Å². The van der Waals surface area contributed by atoms with Crippen LogP contribution in [0.15, 0.2) is 59.3 Å². The van der Waals surface area contributed by atoms with Crippen LogP contribution < -0.4 is 4.90 Å². The summed E-state index contributed by atoms with van der Waals surface area (Å²) in [6.45, 7) is 2.77. The van der Waals surface area contributed by atoms with E-state index in [0.29, 0.717) is 11.9 Å². The highest BCUT2D eigenvalue weighted by molar-refractivity contribution is 5.52. The van der Waals surface area contributed by atoms with Gasteiger partial charge in [-0.15, -0.1) is 5.10 Å². The number of oxazole rings is 1. The van der Waals surface area contributed by atoms with Crippen LogP contribution in [0, 0.1) is 0 Å². The fourth-order valence-electron chi connectivity index (χ4n) is 3.57. The number of rotatable bonds is 6. The molecule has 1 atom stereocenters. The van der Waals surface area contributed by atoms with Crippen LogP contribution in [-0.4, -0.2) is 46.3 Å². The Hall–Kier alpha value is -2.73. The molecule has 1 aliphatic heterocycles. The van der Waals surface area contributed by atoms with Gasteiger partial charge in [-0.1, -0.05) is 18.2 Å². The second-order valence-corrected chi connectivity index (χ2v) is 6.78. The first-order chi connectivity index (χ1) is 12.8. The third-order valence-electron chi connectivity index (χ3n) is 4.76. The Kier molecular flexibility index (Phi) is 4.93. The molecule has 0 radical (unpaired) electrons. The quantitative estimate of drug-likeness (QED) is 0.681. The molecule has 1 saturated heterocycles. The summed E-state index contributed by atoms with van der Waals surface area (Å²) < 4.78 is 5.65. The molecule has 0 amide bonds. The van der Waals surface area contributed by atoms with Gasteiger partial charge in [-0.05, 0) is 44.2 Å². The summed E-state index contributed by atoms with van der Waals surface area (Å²) in [5.74, 6) is 1.65. The van der Waals surface area contributed by atoms with Gasteiger partial charge in [0, 0.05) is 37.4 Å². The van der Waals surface area contributed by atoms with Crippen LogP contribution >= 0.6 is 0 Å². The minimum atomic E-state index is 0.456. The molecule has 1 aromatic carbocycles. The minimum absolute atomic E-state index is 0.456. The maximum atomic E-state index is 5.65. The summed E-state index contributed by atoms with van der Waals surface area (Å²) in [5.41, 5.74) is 1.96. The minimum Gasteiger partial charge on any atom is -0.444 e. The second kappa shape index (κ2) is 7.66. The van der Waals surface area contributed by atoms with E-state index >= 15 is 0 Å². The summed E-state index contributed by atoms with van der Waals surface area (Å²) in [5, 5.41) is 8.28. The van der Waals surface area contributed by atoms with Crippen molar-refractivity contribution < 1.29 is 4.42 Å². The standard InChI is InChI=1S/C20H23N5O/c1-24(13-17-15-26-20(22-17)16-7-3-2-4-8-16)14-18-9-6-12-25(18)19-10-5-11-21-23-19/h2-5,7-8,10-11,15,18H,6,9,12-14H2,1H3/t18-/m0/s1. The van der Waals surface area contributed by atoms with Crippen LogP contribution in [0.25, 0.3) is 11.5 Å². The number of hydrogen-bond acceptors (Lipinski definition) is 6. The van der Waals surface area contributed by atoms with E-state index in [9.17, 15) is 0 Å². The normalized spacial score (nSPS) is 17.2. The molecule has 0 N–H and O–H groups in total. The molecule has 3 aromatic rings. The van der Waals surface area contributed by atoms with Crippen LogP contribution in [0.5, 0.6) is 0 Å². The number of aromatic nitrogens is 3. The fraction of sp³-hybridized carbons (Fsp3) is 0.350. The molecule has 26 heavy (non-hydrogen) atoms. The lowest BCUT2D eigenvalue weighted by molar-refractivity contribution is 0.299. The van der Waals surface area contributed by atoms with Gasteiger partial charge in [0.15, 0.2) is 5.82 Å². The second-order valence-electron chi connectivity index (χ2n) is 6.78. The first-order valence-corrected chi connectivity index (χ1v) is 9.02. The molecular weight excluding hydrogens is 326 g/mol. The van der Waals surface area contributed by atoms with E-state index in [4.69, 9.17) is 4.42 Å². The molecule has 6 heteroatoms. The lowest BCUT2D eigenvalue weighted by Crippen LogP contribution is -2.39. The molecule has 1 fully saturated rings. The van der Waals surface area contributed by atoms with E-state index in [-0.39, 0.29) is 0 Å². The van der Waals surface area contributed by atoms with Crippen molar-refractivity contribution in [2.45, 2.75) is 25.4 Å². The maximum absolute atomic E-state index is 5.65. The highest BCUT2D eigenvalue weighted by Gasteiger charge is 2.27. The first-order valence-electron chi connectivity index (χ1n) is 9.02. The molecule has 6 nitrogen and oxygen atoms in total. The number of benzene rings is 1. The van der Waals surface area contributed by atoms with Gasteiger partial charge in [-0.3, -0.25) is 4.90 Å². The van der Waals surface area contributed by atoms with E-state index in [1.807, 2.05) is 42.5 Å². The molecule has 134 valence electrons. The van der Waals surface area contributed by atoms with E-state index < -0.39 is 0 Å². The van der Waals surface area contributed by atoms with Gasteiger partial charge in [0.2, 0.25) is 5.89 Å². The predicted molar refractivity (Wildman–Crippen MR) is 101 cm³/mol. The van der Waals surface area contributed by atoms with Gasteiger partial charge in [0.05, 0.1) is 5.69 Å². The summed E-state index contributed by atoms with van der Waals surface area (Å²) in [6.07, 6.45) is 5.84. The molecule has 1 aliphatic rings. The fourth-order valence-corrected chi connectivity index (χ4v) is 3.57. The zero-order chi connectivity index (χ0) is 17.8. The van der Waals surface area contributed by atoms with Crippen molar-refractivity contribution in [2.24, 2.45) is 0 Å². The van der Waals surface area contributed by atoms with E-state index in [1.54, 1.807) is 12.5 Å². The Morgan fingerprint density at radius 3 is 2.88 bits per heavy atom.